The summed E-state index contributed by atoms with van der Waals surface area (Å²) in [4.78, 5) is 13.0. The minimum Gasteiger partial charge on any atom is -0.465 e. The van der Waals surface area contributed by atoms with Crippen molar-refractivity contribution in [1.29, 1.82) is 0 Å². The molecule has 0 heterocycles. The van der Waals surface area contributed by atoms with Crippen LogP contribution in [0.2, 0.25) is 0 Å². The lowest BCUT2D eigenvalue weighted by molar-refractivity contribution is -0.145. The van der Waals surface area contributed by atoms with Gasteiger partial charge in [0.15, 0.2) is 0 Å². The van der Waals surface area contributed by atoms with Gasteiger partial charge in [0, 0.05) is 10.6 Å². The largest absolute Gasteiger partial charge is 0.465 e. The van der Waals surface area contributed by atoms with Crippen LogP contribution >= 0.6 is 11.8 Å². The molecule has 4 heteroatoms. The van der Waals surface area contributed by atoms with Gasteiger partial charge in [0.25, 0.3) is 0 Å². The van der Waals surface area contributed by atoms with E-state index in [9.17, 15) is 4.79 Å². The molecule has 1 N–H and O–H groups in total. The number of hydrogen-bond donors (Lipinski definition) is 1. The molecule has 1 rings (SSSR count). The molecule has 0 aliphatic heterocycles. The van der Waals surface area contributed by atoms with Gasteiger partial charge in [-0.05, 0) is 57.0 Å². The van der Waals surface area contributed by atoms with E-state index in [1.54, 1.807) is 11.8 Å². The minimum atomic E-state index is -0.195. The zero-order chi connectivity index (χ0) is 15.0. The van der Waals surface area contributed by atoms with Crippen molar-refractivity contribution in [3.05, 3.63) is 29.3 Å². The average molecular weight is 295 g/mol. The number of carbonyl (C=O) groups excluding carboxylic acids is 1. The van der Waals surface area contributed by atoms with Gasteiger partial charge < -0.3 is 10.1 Å². The maximum absolute atomic E-state index is 11.8. The van der Waals surface area contributed by atoms with E-state index >= 15 is 0 Å². The Labute approximate surface area is 126 Å². The lowest BCUT2D eigenvalue weighted by atomic mass is 10.1. The van der Waals surface area contributed by atoms with Crippen molar-refractivity contribution in [3.63, 3.8) is 0 Å². The van der Waals surface area contributed by atoms with E-state index in [-0.39, 0.29) is 12.0 Å². The van der Waals surface area contributed by atoms with Crippen LogP contribution < -0.4 is 5.32 Å². The molecular formula is C16H25NO2S. The summed E-state index contributed by atoms with van der Waals surface area (Å²) < 4.78 is 5.08. The van der Waals surface area contributed by atoms with Gasteiger partial charge in [-0.25, -0.2) is 0 Å². The zero-order valence-electron chi connectivity index (χ0n) is 12.9. The summed E-state index contributed by atoms with van der Waals surface area (Å²) in [5.41, 5.74) is 2.62. The smallest absolute Gasteiger partial charge is 0.323 e. The fraction of sp³-hybridized carbons (Fsp3) is 0.562. The van der Waals surface area contributed by atoms with Crippen LogP contribution in [0.15, 0.2) is 23.1 Å². The molecule has 0 aromatic heterocycles. The summed E-state index contributed by atoms with van der Waals surface area (Å²) in [7, 11) is 0. The molecule has 1 aromatic rings. The van der Waals surface area contributed by atoms with E-state index in [2.05, 4.69) is 37.4 Å². The molecule has 0 bridgehead atoms. The van der Waals surface area contributed by atoms with Gasteiger partial charge in [0.05, 0.1) is 6.61 Å². The van der Waals surface area contributed by atoms with Crippen LogP contribution in [0.1, 0.15) is 31.4 Å². The Hall–Kier alpha value is -1.00. The number of rotatable bonds is 8. The van der Waals surface area contributed by atoms with Crippen molar-refractivity contribution < 1.29 is 9.53 Å². The first-order valence-corrected chi connectivity index (χ1v) is 8.17. The highest BCUT2D eigenvalue weighted by Crippen LogP contribution is 2.22. The van der Waals surface area contributed by atoms with Gasteiger partial charge in [-0.3, -0.25) is 4.79 Å². The Morgan fingerprint density at radius 1 is 1.30 bits per heavy atom. The normalized spacial score (nSPS) is 12.2. The zero-order valence-corrected chi connectivity index (χ0v) is 13.7. The van der Waals surface area contributed by atoms with Crippen molar-refractivity contribution >= 4 is 17.7 Å². The average Bonchev–Trinajstić information content (AvgIpc) is 2.42. The molecule has 0 saturated carbocycles. The van der Waals surface area contributed by atoms with Crippen LogP contribution in [-0.2, 0) is 9.53 Å². The molecule has 1 aromatic carbocycles. The fourth-order valence-electron chi connectivity index (χ4n) is 1.89. The molecule has 0 radical (unpaired) electrons. The molecular weight excluding hydrogens is 270 g/mol. The van der Waals surface area contributed by atoms with Crippen LogP contribution in [0.5, 0.6) is 0 Å². The first-order valence-electron chi connectivity index (χ1n) is 7.18. The summed E-state index contributed by atoms with van der Waals surface area (Å²) in [6.07, 6.45) is 0.782. The Kier molecular flexibility index (Phi) is 7.70. The van der Waals surface area contributed by atoms with Gasteiger partial charge in [-0.15, -0.1) is 11.8 Å². The first kappa shape index (κ1) is 17.1. The molecule has 1 atom stereocenters. The van der Waals surface area contributed by atoms with Crippen LogP contribution in [0.3, 0.4) is 0 Å². The Morgan fingerprint density at radius 2 is 2.05 bits per heavy atom. The standard InChI is InChI=1S/C16H25NO2S/c1-5-17-15(16(18)19-6-2)9-10-20-14-8-7-12(3)13(4)11-14/h7-8,11,15,17H,5-6,9-10H2,1-4H3. The summed E-state index contributed by atoms with van der Waals surface area (Å²) in [6.45, 7) is 9.29. The first-order chi connectivity index (χ1) is 9.58. The van der Waals surface area contributed by atoms with Crippen LogP contribution in [0, 0.1) is 13.8 Å². The van der Waals surface area contributed by atoms with Crippen LogP contribution in [0.25, 0.3) is 0 Å². The fourth-order valence-corrected chi connectivity index (χ4v) is 2.90. The minimum absolute atomic E-state index is 0.143. The van der Waals surface area contributed by atoms with Crippen molar-refractivity contribution in [1.82, 2.24) is 5.32 Å². The molecule has 0 aliphatic carbocycles. The quantitative estimate of drug-likeness (QED) is 0.590. The number of thioether (sulfide) groups is 1. The third-order valence-electron chi connectivity index (χ3n) is 3.18. The Morgan fingerprint density at radius 3 is 2.65 bits per heavy atom. The van der Waals surface area contributed by atoms with Gasteiger partial charge in [0.2, 0.25) is 0 Å². The predicted octanol–water partition coefficient (Wildman–Crippen LogP) is 3.33. The molecule has 1 unspecified atom stereocenters. The summed E-state index contributed by atoms with van der Waals surface area (Å²) >= 11 is 1.79. The molecule has 3 nitrogen and oxygen atoms in total. The highest BCUT2D eigenvalue weighted by atomic mass is 32.2. The third kappa shape index (κ3) is 5.55. The second kappa shape index (κ2) is 9.03. The van der Waals surface area contributed by atoms with Gasteiger partial charge in [-0.1, -0.05) is 13.0 Å². The second-order valence-corrected chi connectivity index (χ2v) is 5.91. The molecule has 0 aliphatic rings. The maximum Gasteiger partial charge on any atom is 0.323 e. The topological polar surface area (TPSA) is 38.3 Å². The Bertz CT molecular complexity index is 434. The molecule has 112 valence electrons. The number of aryl methyl sites for hydroxylation is 2. The van der Waals surface area contributed by atoms with Crippen molar-refractivity contribution in [3.8, 4) is 0 Å². The number of carbonyl (C=O) groups is 1. The summed E-state index contributed by atoms with van der Waals surface area (Å²) in [6, 6.07) is 6.29. The molecule has 0 amide bonds. The SMILES string of the molecule is CCNC(CCSc1ccc(C)c(C)c1)C(=O)OCC. The molecule has 0 saturated heterocycles. The van der Waals surface area contributed by atoms with E-state index < -0.39 is 0 Å². The number of esters is 1. The molecule has 0 spiro atoms. The number of nitrogens with one attached hydrogen (secondary N) is 1. The highest BCUT2D eigenvalue weighted by Gasteiger charge is 2.17. The maximum atomic E-state index is 11.8. The monoisotopic (exact) mass is 295 g/mol. The van der Waals surface area contributed by atoms with Crippen molar-refractivity contribution in [2.75, 3.05) is 18.9 Å². The van der Waals surface area contributed by atoms with Crippen molar-refractivity contribution in [2.24, 2.45) is 0 Å². The van der Waals surface area contributed by atoms with E-state index in [0.29, 0.717) is 6.61 Å². The van der Waals surface area contributed by atoms with Gasteiger partial charge >= 0.3 is 5.97 Å². The van der Waals surface area contributed by atoms with Gasteiger partial charge in [0.1, 0.15) is 6.04 Å². The third-order valence-corrected chi connectivity index (χ3v) is 4.20. The van der Waals surface area contributed by atoms with Gasteiger partial charge in [-0.2, -0.15) is 0 Å². The summed E-state index contributed by atoms with van der Waals surface area (Å²) in [5.74, 6) is 0.758. The molecule has 0 fully saturated rings. The van der Waals surface area contributed by atoms with Crippen LogP contribution in [-0.4, -0.2) is 30.9 Å². The van der Waals surface area contributed by atoms with Crippen molar-refractivity contribution in [2.45, 2.75) is 45.1 Å². The highest BCUT2D eigenvalue weighted by molar-refractivity contribution is 7.99. The van der Waals surface area contributed by atoms with E-state index in [0.717, 1.165) is 18.7 Å². The lowest BCUT2D eigenvalue weighted by Crippen LogP contribution is -2.38. The van der Waals surface area contributed by atoms with E-state index in [1.165, 1.54) is 16.0 Å². The number of hydrogen-bond acceptors (Lipinski definition) is 4. The number of likely N-dealkylation sites (N-methyl/N-ethyl adjacent to an activating group) is 1. The van der Waals surface area contributed by atoms with E-state index in [4.69, 9.17) is 4.74 Å². The Balaban J connectivity index is 2.47. The number of ether oxygens (including phenoxy) is 1. The van der Waals surface area contributed by atoms with Crippen LogP contribution in [0.4, 0.5) is 0 Å². The predicted molar refractivity (Wildman–Crippen MR) is 85.4 cm³/mol. The van der Waals surface area contributed by atoms with E-state index in [1.807, 2.05) is 13.8 Å². The second-order valence-electron chi connectivity index (χ2n) is 4.75. The molecule has 20 heavy (non-hydrogen) atoms. The lowest BCUT2D eigenvalue weighted by Gasteiger charge is -2.16. The number of benzene rings is 1. The summed E-state index contributed by atoms with van der Waals surface area (Å²) in [5, 5.41) is 3.19.